The molecule has 5 heteroatoms. The summed E-state index contributed by atoms with van der Waals surface area (Å²) in [5.74, 6) is 2.28. The topological polar surface area (TPSA) is 59.9 Å². The maximum Gasteiger partial charge on any atom is 0.223 e. The van der Waals surface area contributed by atoms with Crippen LogP contribution in [-0.4, -0.2) is 18.4 Å². The second-order valence-electron chi connectivity index (χ2n) is 3.70. The summed E-state index contributed by atoms with van der Waals surface area (Å²) in [6.07, 6.45) is 6.33. The molecule has 0 aliphatic carbocycles. The molecular formula is C13H10N2O2S. The van der Waals surface area contributed by atoms with Gasteiger partial charge >= 0.3 is 0 Å². The predicted octanol–water partition coefficient (Wildman–Crippen LogP) is 1.60. The number of aromatic nitrogens is 2. The second-order valence-corrected chi connectivity index (χ2v) is 5.60. The van der Waals surface area contributed by atoms with Crippen molar-refractivity contribution in [2.24, 2.45) is 0 Å². The van der Waals surface area contributed by atoms with Crippen LogP contribution in [0.1, 0.15) is 11.3 Å². The molecule has 0 N–H and O–H groups in total. The van der Waals surface area contributed by atoms with Gasteiger partial charge in [-0.3, -0.25) is 0 Å². The van der Waals surface area contributed by atoms with E-state index in [4.69, 9.17) is 6.42 Å². The van der Waals surface area contributed by atoms with Crippen LogP contribution in [0.4, 0.5) is 0 Å². The van der Waals surface area contributed by atoms with E-state index in [0.29, 0.717) is 0 Å². The molecule has 0 atom stereocenters. The van der Waals surface area contributed by atoms with Crippen molar-refractivity contribution >= 4 is 9.84 Å². The summed E-state index contributed by atoms with van der Waals surface area (Å²) in [6.45, 7) is 1.89. The van der Waals surface area contributed by atoms with Crippen LogP contribution >= 0.6 is 0 Å². The van der Waals surface area contributed by atoms with Crippen molar-refractivity contribution in [3.05, 3.63) is 47.9 Å². The Balaban J connectivity index is 2.55. The van der Waals surface area contributed by atoms with E-state index in [2.05, 4.69) is 15.9 Å². The third-order valence-corrected chi connectivity index (χ3v) is 4.06. The number of sulfone groups is 1. The maximum atomic E-state index is 12.3. The monoisotopic (exact) mass is 258 g/mol. The van der Waals surface area contributed by atoms with Gasteiger partial charge in [-0.1, -0.05) is 23.6 Å². The minimum atomic E-state index is -3.63. The third-order valence-electron chi connectivity index (χ3n) is 2.40. The molecule has 1 heterocycles. The molecule has 1 aromatic carbocycles. The van der Waals surface area contributed by atoms with E-state index in [1.165, 1.54) is 6.07 Å². The predicted molar refractivity (Wildman–Crippen MR) is 66.6 cm³/mol. The number of rotatable bonds is 2. The van der Waals surface area contributed by atoms with Crippen molar-refractivity contribution < 1.29 is 8.42 Å². The second kappa shape index (κ2) is 4.59. The standard InChI is InChI=1S/C13H10N2O2S/c1-3-11-8-13(15-9-14-11)18(16,17)12-6-4-10(2)5-7-12/h1,4-9H,2H3. The molecule has 2 aromatic rings. The maximum absolute atomic E-state index is 12.3. The molecule has 0 amide bonds. The fourth-order valence-electron chi connectivity index (χ4n) is 1.40. The first-order chi connectivity index (χ1) is 8.54. The molecular weight excluding hydrogens is 248 g/mol. The van der Waals surface area contributed by atoms with Gasteiger partial charge in [-0.15, -0.1) is 6.42 Å². The molecule has 0 bridgehead atoms. The highest BCUT2D eigenvalue weighted by Gasteiger charge is 2.19. The molecule has 18 heavy (non-hydrogen) atoms. The molecule has 0 fully saturated rings. The number of nitrogens with zero attached hydrogens (tertiary/aromatic N) is 2. The van der Waals surface area contributed by atoms with Gasteiger partial charge in [0.05, 0.1) is 4.90 Å². The first kappa shape index (κ1) is 12.3. The summed E-state index contributed by atoms with van der Waals surface area (Å²) in [7, 11) is -3.63. The molecule has 0 aliphatic rings. The van der Waals surface area contributed by atoms with Gasteiger partial charge in [0.2, 0.25) is 9.84 Å². The van der Waals surface area contributed by atoms with Gasteiger partial charge in [-0.25, -0.2) is 18.4 Å². The van der Waals surface area contributed by atoms with E-state index >= 15 is 0 Å². The fraction of sp³-hybridized carbons (Fsp3) is 0.0769. The Morgan fingerprint density at radius 2 is 1.83 bits per heavy atom. The van der Waals surface area contributed by atoms with E-state index in [-0.39, 0.29) is 15.6 Å². The van der Waals surface area contributed by atoms with Crippen molar-refractivity contribution in [2.75, 3.05) is 0 Å². The molecule has 0 radical (unpaired) electrons. The van der Waals surface area contributed by atoms with Crippen LogP contribution < -0.4 is 0 Å². The number of benzene rings is 1. The van der Waals surface area contributed by atoms with Crippen LogP contribution in [-0.2, 0) is 9.84 Å². The van der Waals surface area contributed by atoms with Gasteiger partial charge in [0, 0.05) is 6.07 Å². The van der Waals surface area contributed by atoms with Gasteiger partial charge < -0.3 is 0 Å². The highest BCUT2D eigenvalue weighted by molar-refractivity contribution is 7.91. The Morgan fingerprint density at radius 3 is 2.44 bits per heavy atom. The van der Waals surface area contributed by atoms with Gasteiger partial charge in [-0.05, 0) is 19.1 Å². The minimum Gasteiger partial charge on any atom is -0.228 e. The summed E-state index contributed by atoms with van der Waals surface area (Å²) in [4.78, 5) is 7.72. The van der Waals surface area contributed by atoms with E-state index in [1.54, 1.807) is 24.3 Å². The number of hydrogen-bond donors (Lipinski definition) is 0. The lowest BCUT2D eigenvalue weighted by Crippen LogP contribution is -2.05. The van der Waals surface area contributed by atoms with Gasteiger partial charge in [-0.2, -0.15) is 0 Å². The van der Waals surface area contributed by atoms with Gasteiger partial charge in [0.15, 0.2) is 5.03 Å². The van der Waals surface area contributed by atoms with Gasteiger partial charge in [0.25, 0.3) is 0 Å². The smallest absolute Gasteiger partial charge is 0.223 e. The zero-order valence-corrected chi connectivity index (χ0v) is 10.5. The van der Waals surface area contributed by atoms with E-state index in [0.717, 1.165) is 11.9 Å². The fourth-order valence-corrected chi connectivity index (χ4v) is 2.59. The third kappa shape index (κ3) is 2.24. The molecule has 0 saturated carbocycles. The Morgan fingerprint density at radius 1 is 1.17 bits per heavy atom. The van der Waals surface area contributed by atoms with Crippen molar-refractivity contribution in [1.82, 2.24) is 9.97 Å². The number of terminal acetylenes is 1. The normalized spacial score (nSPS) is 10.9. The zero-order chi connectivity index (χ0) is 13.2. The SMILES string of the molecule is C#Cc1cc(S(=O)(=O)c2ccc(C)cc2)ncn1. The summed E-state index contributed by atoms with van der Waals surface area (Å²) in [5, 5.41) is -0.0886. The quantitative estimate of drug-likeness (QED) is 0.606. The first-order valence-corrected chi connectivity index (χ1v) is 6.63. The lowest BCUT2D eigenvalue weighted by Gasteiger charge is -2.04. The largest absolute Gasteiger partial charge is 0.228 e. The Labute approximate surface area is 106 Å². The average Bonchev–Trinajstić information content (AvgIpc) is 2.39. The molecule has 90 valence electrons. The molecule has 0 spiro atoms. The summed E-state index contributed by atoms with van der Waals surface area (Å²) < 4.78 is 24.5. The van der Waals surface area contributed by atoms with Crippen LogP contribution in [0.15, 0.2) is 46.6 Å². The van der Waals surface area contributed by atoms with E-state index < -0.39 is 9.84 Å². The van der Waals surface area contributed by atoms with Crippen LogP contribution in [0.5, 0.6) is 0 Å². The highest BCUT2D eigenvalue weighted by Crippen LogP contribution is 2.19. The Bertz CT molecular complexity index is 713. The summed E-state index contributed by atoms with van der Waals surface area (Å²) in [5.41, 5.74) is 1.23. The van der Waals surface area contributed by atoms with Crippen LogP contribution in [0.25, 0.3) is 0 Å². The average molecular weight is 258 g/mol. The first-order valence-electron chi connectivity index (χ1n) is 5.14. The van der Waals surface area contributed by atoms with Crippen molar-refractivity contribution in [2.45, 2.75) is 16.8 Å². The number of hydrogen-bond acceptors (Lipinski definition) is 4. The van der Waals surface area contributed by atoms with Crippen molar-refractivity contribution in [3.8, 4) is 12.3 Å². The lowest BCUT2D eigenvalue weighted by molar-refractivity contribution is 0.592. The van der Waals surface area contributed by atoms with Crippen LogP contribution in [0.2, 0.25) is 0 Å². The summed E-state index contributed by atoms with van der Waals surface area (Å²) in [6, 6.07) is 7.84. The zero-order valence-electron chi connectivity index (χ0n) is 9.66. The molecule has 4 nitrogen and oxygen atoms in total. The Hall–Kier alpha value is -2.19. The van der Waals surface area contributed by atoms with E-state index in [1.807, 2.05) is 6.92 Å². The molecule has 0 saturated heterocycles. The molecule has 0 aliphatic heterocycles. The van der Waals surface area contributed by atoms with E-state index in [9.17, 15) is 8.42 Å². The van der Waals surface area contributed by atoms with Crippen LogP contribution in [0, 0.1) is 19.3 Å². The minimum absolute atomic E-state index is 0.0886. The Kier molecular flexibility index (Phi) is 3.13. The van der Waals surface area contributed by atoms with Gasteiger partial charge in [0.1, 0.15) is 12.0 Å². The molecule has 1 aromatic heterocycles. The summed E-state index contributed by atoms with van der Waals surface area (Å²) >= 11 is 0. The molecule has 2 rings (SSSR count). The van der Waals surface area contributed by atoms with Crippen molar-refractivity contribution in [1.29, 1.82) is 0 Å². The van der Waals surface area contributed by atoms with Crippen LogP contribution in [0.3, 0.4) is 0 Å². The molecule has 0 unspecified atom stereocenters. The number of aryl methyl sites for hydroxylation is 1. The van der Waals surface area contributed by atoms with Crippen molar-refractivity contribution in [3.63, 3.8) is 0 Å². The lowest BCUT2D eigenvalue weighted by atomic mass is 10.2. The highest BCUT2D eigenvalue weighted by atomic mass is 32.2.